The maximum absolute atomic E-state index is 12.8. The van der Waals surface area contributed by atoms with Crippen LogP contribution in [0.15, 0.2) is 60.9 Å². The molecule has 8 heteroatoms. The molecule has 3 heterocycles. The van der Waals surface area contributed by atoms with E-state index in [0.29, 0.717) is 11.1 Å². The van der Waals surface area contributed by atoms with Crippen molar-refractivity contribution in [1.82, 2.24) is 30.5 Å². The van der Waals surface area contributed by atoms with Gasteiger partial charge in [0.2, 0.25) is 0 Å². The molecule has 3 N–H and O–H groups in total. The summed E-state index contributed by atoms with van der Waals surface area (Å²) in [7, 11) is 0. The third-order valence-corrected chi connectivity index (χ3v) is 5.20. The average molecular weight is 407 g/mol. The summed E-state index contributed by atoms with van der Waals surface area (Å²) in [5.41, 5.74) is 5.41. The number of aromatic amines is 2. The molecule has 3 aromatic heterocycles. The fourth-order valence-electron chi connectivity index (χ4n) is 3.58. The van der Waals surface area contributed by atoms with Gasteiger partial charge in [0, 0.05) is 23.3 Å². The van der Waals surface area contributed by atoms with E-state index in [0.717, 1.165) is 33.2 Å². The van der Waals surface area contributed by atoms with E-state index in [4.69, 9.17) is 5.26 Å². The number of imidazole rings is 1. The van der Waals surface area contributed by atoms with Gasteiger partial charge in [-0.05, 0) is 48.9 Å². The summed E-state index contributed by atoms with van der Waals surface area (Å²) in [5, 5.41) is 20.4. The molecule has 1 amide bonds. The number of aromatic nitrogens is 5. The van der Waals surface area contributed by atoms with E-state index in [1.807, 2.05) is 37.3 Å². The summed E-state index contributed by atoms with van der Waals surface area (Å²) in [4.78, 5) is 24.4. The highest BCUT2D eigenvalue weighted by Crippen LogP contribution is 2.29. The van der Waals surface area contributed by atoms with Gasteiger partial charge in [-0.3, -0.25) is 14.9 Å². The normalized spacial score (nSPS) is 12.0. The molecule has 0 aliphatic rings. The standard InChI is InChI=1S/C23H17N7O/c1-13(16-4-2-3-14(9-16)12-24)26-23(31)22-27-19-10-17-18(11-20(19)28-22)29-30-21(17)15-5-7-25-8-6-15/h2-11,13H,1H3,(H,26,31)(H,27,28)(H,29,30)/t13-/m1/s1. The number of H-pyrrole nitrogens is 2. The maximum Gasteiger partial charge on any atom is 0.287 e. The average Bonchev–Trinajstić information content (AvgIpc) is 3.41. The predicted octanol–water partition coefficient (Wildman–Crippen LogP) is 3.86. The van der Waals surface area contributed by atoms with Crippen LogP contribution in [-0.2, 0) is 0 Å². The van der Waals surface area contributed by atoms with E-state index in [1.54, 1.807) is 30.6 Å². The van der Waals surface area contributed by atoms with Crippen molar-refractivity contribution in [3.05, 3.63) is 77.9 Å². The number of hydrogen-bond donors (Lipinski definition) is 3. The van der Waals surface area contributed by atoms with E-state index in [1.165, 1.54) is 0 Å². The van der Waals surface area contributed by atoms with Gasteiger partial charge in [-0.1, -0.05) is 12.1 Å². The highest BCUT2D eigenvalue weighted by molar-refractivity contribution is 6.02. The molecule has 5 rings (SSSR count). The molecule has 0 saturated carbocycles. The van der Waals surface area contributed by atoms with E-state index in [2.05, 4.69) is 36.5 Å². The number of rotatable bonds is 4. The van der Waals surface area contributed by atoms with E-state index < -0.39 is 0 Å². The lowest BCUT2D eigenvalue weighted by Gasteiger charge is -2.13. The monoisotopic (exact) mass is 407 g/mol. The van der Waals surface area contributed by atoms with Gasteiger partial charge in [-0.2, -0.15) is 10.4 Å². The lowest BCUT2D eigenvalue weighted by molar-refractivity contribution is 0.0930. The fourth-order valence-corrected chi connectivity index (χ4v) is 3.58. The van der Waals surface area contributed by atoms with Gasteiger partial charge in [0.25, 0.3) is 5.91 Å². The Bertz CT molecular complexity index is 1460. The van der Waals surface area contributed by atoms with Crippen LogP contribution in [0.5, 0.6) is 0 Å². The second kappa shape index (κ2) is 7.39. The Morgan fingerprint density at radius 1 is 1.13 bits per heavy atom. The van der Waals surface area contributed by atoms with E-state index in [-0.39, 0.29) is 17.8 Å². The largest absolute Gasteiger partial charge is 0.343 e. The molecule has 31 heavy (non-hydrogen) atoms. The number of pyridine rings is 1. The molecular weight excluding hydrogens is 390 g/mol. The number of nitriles is 1. The van der Waals surface area contributed by atoms with E-state index in [9.17, 15) is 4.79 Å². The van der Waals surface area contributed by atoms with Crippen molar-refractivity contribution in [2.75, 3.05) is 0 Å². The summed E-state index contributed by atoms with van der Waals surface area (Å²) < 4.78 is 0. The van der Waals surface area contributed by atoms with Gasteiger partial charge >= 0.3 is 0 Å². The lowest BCUT2D eigenvalue weighted by Crippen LogP contribution is -2.27. The first-order chi connectivity index (χ1) is 15.1. The first kappa shape index (κ1) is 18.5. The zero-order valence-electron chi connectivity index (χ0n) is 16.5. The lowest BCUT2D eigenvalue weighted by atomic mass is 10.1. The molecule has 0 saturated heterocycles. The Kier molecular flexibility index (Phi) is 4.41. The van der Waals surface area contributed by atoms with Crippen molar-refractivity contribution in [2.45, 2.75) is 13.0 Å². The fraction of sp³-hybridized carbons (Fsp3) is 0.0870. The topological polar surface area (TPSA) is 123 Å². The van der Waals surface area contributed by atoms with Crippen LogP contribution in [0.4, 0.5) is 0 Å². The minimum Gasteiger partial charge on any atom is -0.343 e. The van der Waals surface area contributed by atoms with Gasteiger partial charge in [0.05, 0.1) is 34.2 Å². The minimum absolute atomic E-state index is 0.226. The Morgan fingerprint density at radius 3 is 2.77 bits per heavy atom. The quantitative estimate of drug-likeness (QED) is 0.417. The summed E-state index contributed by atoms with van der Waals surface area (Å²) in [6.45, 7) is 1.87. The molecule has 0 unspecified atom stereocenters. The second-order valence-corrected chi connectivity index (χ2v) is 7.24. The number of amides is 1. The van der Waals surface area contributed by atoms with Crippen LogP contribution in [-0.4, -0.2) is 31.1 Å². The third-order valence-electron chi connectivity index (χ3n) is 5.20. The molecule has 0 spiro atoms. The zero-order valence-corrected chi connectivity index (χ0v) is 16.5. The van der Waals surface area contributed by atoms with Crippen molar-refractivity contribution in [2.24, 2.45) is 0 Å². The van der Waals surface area contributed by atoms with Crippen LogP contribution in [0, 0.1) is 11.3 Å². The highest BCUT2D eigenvalue weighted by Gasteiger charge is 2.17. The SMILES string of the molecule is C[C@@H](NC(=O)c1nc2cc3c(-c4ccncc4)n[nH]c3cc2[nH]1)c1cccc(C#N)c1. The summed E-state index contributed by atoms with van der Waals surface area (Å²) in [6, 6.07) is 16.6. The molecule has 2 aromatic carbocycles. The van der Waals surface area contributed by atoms with Crippen molar-refractivity contribution in [1.29, 1.82) is 5.26 Å². The third kappa shape index (κ3) is 3.38. The maximum atomic E-state index is 12.8. The van der Waals surface area contributed by atoms with Crippen molar-refractivity contribution < 1.29 is 4.79 Å². The van der Waals surface area contributed by atoms with Crippen LogP contribution in [0.1, 0.15) is 34.7 Å². The van der Waals surface area contributed by atoms with Crippen LogP contribution in [0.25, 0.3) is 33.2 Å². The molecule has 1 atom stereocenters. The smallest absolute Gasteiger partial charge is 0.287 e. The first-order valence-corrected chi connectivity index (χ1v) is 9.71. The van der Waals surface area contributed by atoms with Gasteiger partial charge in [-0.15, -0.1) is 0 Å². The number of fused-ring (bicyclic) bond motifs is 2. The Balaban J connectivity index is 1.45. The number of benzene rings is 2. The number of carbonyl (C=O) groups is 1. The molecule has 5 aromatic rings. The van der Waals surface area contributed by atoms with Gasteiger partial charge in [-0.25, -0.2) is 4.98 Å². The number of carbonyl (C=O) groups excluding carboxylic acids is 1. The molecule has 0 fully saturated rings. The van der Waals surface area contributed by atoms with Crippen LogP contribution >= 0.6 is 0 Å². The second-order valence-electron chi connectivity index (χ2n) is 7.24. The molecule has 0 aliphatic heterocycles. The number of nitrogens with zero attached hydrogens (tertiary/aromatic N) is 4. The van der Waals surface area contributed by atoms with Crippen molar-refractivity contribution in [3.63, 3.8) is 0 Å². The molecule has 0 radical (unpaired) electrons. The Morgan fingerprint density at radius 2 is 1.97 bits per heavy atom. The molecule has 0 bridgehead atoms. The first-order valence-electron chi connectivity index (χ1n) is 9.71. The Hall–Kier alpha value is -4.51. The highest BCUT2D eigenvalue weighted by atomic mass is 16.2. The predicted molar refractivity (Wildman–Crippen MR) is 116 cm³/mol. The minimum atomic E-state index is -0.317. The molecule has 0 aliphatic carbocycles. The molecule has 150 valence electrons. The summed E-state index contributed by atoms with van der Waals surface area (Å²) >= 11 is 0. The van der Waals surface area contributed by atoms with Crippen molar-refractivity contribution in [3.8, 4) is 17.3 Å². The summed E-state index contributed by atoms with van der Waals surface area (Å²) in [6.07, 6.45) is 3.44. The van der Waals surface area contributed by atoms with Crippen LogP contribution < -0.4 is 5.32 Å². The van der Waals surface area contributed by atoms with Gasteiger partial charge < -0.3 is 10.3 Å². The number of hydrogen-bond acceptors (Lipinski definition) is 5. The van der Waals surface area contributed by atoms with Gasteiger partial charge in [0.15, 0.2) is 5.82 Å². The van der Waals surface area contributed by atoms with Crippen LogP contribution in [0.3, 0.4) is 0 Å². The van der Waals surface area contributed by atoms with Crippen LogP contribution in [0.2, 0.25) is 0 Å². The summed E-state index contributed by atoms with van der Waals surface area (Å²) in [5.74, 6) is -0.0911. The number of nitrogens with one attached hydrogen (secondary N) is 3. The molecular formula is C23H17N7O. The van der Waals surface area contributed by atoms with E-state index >= 15 is 0 Å². The van der Waals surface area contributed by atoms with Crippen molar-refractivity contribution >= 4 is 27.8 Å². The Labute approximate surface area is 177 Å². The van der Waals surface area contributed by atoms with Gasteiger partial charge in [0.1, 0.15) is 5.69 Å². The molecule has 8 nitrogen and oxygen atoms in total. The zero-order chi connectivity index (χ0) is 21.4.